The van der Waals surface area contributed by atoms with Crippen LogP contribution >= 0.6 is 58.2 Å². The Morgan fingerprint density at radius 3 is 1.19 bits per heavy atom. The Bertz CT molecular complexity index is 2250. The summed E-state index contributed by atoms with van der Waals surface area (Å²) in [6.07, 6.45) is 6.27. The van der Waals surface area contributed by atoms with Crippen molar-refractivity contribution in [3.8, 4) is 22.3 Å². The van der Waals surface area contributed by atoms with E-state index < -0.39 is 0 Å². The molecule has 0 unspecified atom stereocenters. The Hall–Kier alpha value is -5.05. The molecule has 0 aromatic heterocycles. The van der Waals surface area contributed by atoms with Crippen molar-refractivity contribution < 1.29 is 19.2 Å². The zero-order chi connectivity index (χ0) is 42.7. The standard InChI is InChI=1S/C42H42Cl4N8O4S/c1-23(55)51-11-15-53(16-12-51)37(57)9-5-25-3-7-35(41(45)39(25)27-19-31(47)33(49)21-29(27)43)59-36-8-4-26(6-10-38(58)54-17-13-52(14-18-54)24(2)56)40(42(36)46)28-20-32(48)34(50)22-30(28)44/h3-10,19-22H,11-18,47-50H2,1-2H3/b9-5+,10-6+. The smallest absolute Gasteiger partial charge is 0.246 e. The number of rotatable bonds is 8. The van der Waals surface area contributed by atoms with Crippen LogP contribution in [0.3, 0.4) is 0 Å². The zero-order valence-electron chi connectivity index (χ0n) is 32.2. The number of nitrogens with zero attached hydrogens (tertiary/aromatic N) is 4. The minimum absolute atomic E-state index is 0.0294. The number of nitrogens with two attached hydrogens (primary N) is 4. The lowest BCUT2D eigenvalue weighted by Crippen LogP contribution is -2.49. The van der Waals surface area contributed by atoms with Gasteiger partial charge in [0.2, 0.25) is 23.6 Å². The van der Waals surface area contributed by atoms with Crippen molar-refractivity contribution >= 4 is 117 Å². The average Bonchev–Trinajstić information content (AvgIpc) is 3.21. The summed E-state index contributed by atoms with van der Waals surface area (Å²) >= 11 is 29.4. The second kappa shape index (κ2) is 18.5. The van der Waals surface area contributed by atoms with Gasteiger partial charge in [-0.05, 0) is 59.7 Å². The molecule has 0 radical (unpaired) electrons. The number of amides is 4. The van der Waals surface area contributed by atoms with Gasteiger partial charge in [-0.3, -0.25) is 19.2 Å². The van der Waals surface area contributed by atoms with Crippen LogP contribution in [0, 0.1) is 0 Å². The summed E-state index contributed by atoms with van der Waals surface area (Å²) in [5.74, 6) is -0.495. The van der Waals surface area contributed by atoms with Gasteiger partial charge in [-0.2, -0.15) is 0 Å². The van der Waals surface area contributed by atoms with E-state index in [1.54, 1.807) is 56.0 Å². The van der Waals surface area contributed by atoms with E-state index in [-0.39, 0.29) is 23.6 Å². The summed E-state index contributed by atoms with van der Waals surface area (Å²) in [6.45, 7) is 6.49. The van der Waals surface area contributed by atoms with Gasteiger partial charge in [0, 0.05) is 110 Å². The van der Waals surface area contributed by atoms with Crippen LogP contribution in [-0.2, 0) is 19.2 Å². The predicted molar refractivity (Wildman–Crippen MR) is 241 cm³/mol. The summed E-state index contributed by atoms with van der Waals surface area (Å²) in [7, 11) is 0. The number of nitrogen functional groups attached to an aromatic ring is 4. The molecule has 2 aliphatic heterocycles. The molecule has 0 bridgehead atoms. The van der Waals surface area contributed by atoms with Gasteiger partial charge < -0.3 is 42.5 Å². The second-order valence-corrected chi connectivity index (χ2v) is 16.7. The van der Waals surface area contributed by atoms with Crippen LogP contribution in [-0.4, -0.2) is 95.6 Å². The third-order valence-electron chi connectivity index (χ3n) is 10.3. The van der Waals surface area contributed by atoms with E-state index in [0.717, 1.165) is 0 Å². The Morgan fingerprint density at radius 1 is 0.525 bits per heavy atom. The molecule has 17 heteroatoms. The lowest BCUT2D eigenvalue weighted by atomic mass is 9.97. The lowest BCUT2D eigenvalue weighted by molar-refractivity contribution is -0.135. The van der Waals surface area contributed by atoms with Crippen LogP contribution in [0.2, 0.25) is 20.1 Å². The van der Waals surface area contributed by atoms with Gasteiger partial charge in [0.25, 0.3) is 0 Å². The molecular weight excluding hydrogens is 854 g/mol. The van der Waals surface area contributed by atoms with E-state index in [9.17, 15) is 19.2 Å². The van der Waals surface area contributed by atoms with Crippen molar-refractivity contribution in [1.29, 1.82) is 0 Å². The Balaban J connectivity index is 1.38. The Labute approximate surface area is 366 Å². The Morgan fingerprint density at radius 2 is 0.847 bits per heavy atom. The SMILES string of the molecule is CC(=O)N1CCN(C(=O)/C=C/c2ccc(Sc3ccc(/C=C/C(=O)N4CCN(C(C)=O)CC4)c(-c4cc(N)c(N)cc4Cl)c3Cl)c(Cl)c2-c2cc(N)c(N)cc2Cl)CC1. The molecule has 4 amide bonds. The van der Waals surface area contributed by atoms with E-state index in [1.165, 1.54) is 37.8 Å². The van der Waals surface area contributed by atoms with Gasteiger partial charge in [0.05, 0.1) is 42.8 Å². The maximum atomic E-state index is 13.3. The summed E-state index contributed by atoms with van der Waals surface area (Å²) in [6, 6.07) is 13.6. The van der Waals surface area contributed by atoms with Crippen molar-refractivity contribution in [3.63, 3.8) is 0 Å². The summed E-state index contributed by atoms with van der Waals surface area (Å²) < 4.78 is 0. The fourth-order valence-electron chi connectivity index (χ4n) is 6.86. The fourth-order valence-corrected chi connectivity index (χ4v) is 9.06. The van der Waals surface area contributed by atoms with E-state index in [2.05, 4.69) is 0 Å². The third kappa shape index (κ3) is 9.71. The molecular formula is C42H42Cl4N8O4S. The first kappa shape index (κ1) is 43.5. The minimum atomic E-state index is -0.218. The molecule has 0 atom stereocenters. The van der Waals surface area contributed by atoms with Crippen LogP contribution in [0.25, 0.3) is 34.4 Å². The number of benzene rings is 4. The fraction of sp³-hybridized carbons (Fsp3) is 0.238. The quantitative estimate of drug-likeness (QED) is 0.103. The number of piperazine rings is 2. The average molecular weight is 897 g/mol. The van der Waals surface area contributed by atoms with Crippen molar-refractivity contribution in [3.05, 3.63) is 91.9 Å². The molecule has 2 heterocycles. The van der Waals surface area contributed by atoms with E-state index in [0.29, 0.717) is 138 Å². The van der Waals surface area contributed by atoms with Gasteiger partial charge in [-0.15, -0.1) is 0 Å². The van der Waals surface area contributed by atoms with Crippen LogP contribution in [0.5, 0.6) is 0 Å². The summed E-state index contributed by atoms with van der Waals surface area (Å²) in [4.78, 5) is 58.1. The number of hydrogen-bond acceptors (Lipinski definition) is 9. The second-order valence-electron chi connectivity index (χ2n) is 14.0. The number of carbonyl (C=O) groups excluding carboxylic acids is 4. The molecule has 0 saturated carbocycles. The van der Waals surface area contributed by atoms with Crippen molar-refractivity contribution in [1.82, 2.24) is 19.6 Å². The molecule has 8 N–H and O–H groups in total. The molecule has 12 nitrogen and oxygen atoms in total. The highest BCUT2D eigenvalue weighted by Crippen LogP contribution is 2.49. The topological polar surface area (TPSA) is 185 Å². The van der Waals surface area contributed by atoms with Crippen molar-refractivity contribution in [2.24, 2.45) is 0 Å². The van der Waals surface area contributed by atoms with Crippen LogP contribution in [0.4, 0.5) is 22.7 Å². The molecule has 2 aliphatic rings. The van der Waals surface area contributed by atoms with Crippen LogP contribution in [0.15, 0.2) is 70.5 Å². The Kier molecular flexibility index (Phi) is 13.6. The zero-order valence-corrected chi connectivity index (χ0v) is 36.1. The summed E-state index contributed by atoms with van der Waals surface area (Å²) in [5, 5.41) is 1.20. The van der Waals surface area contributed by atoms with Crippen molar-refractivity contribution in [2.45, 2.75) is 23.6 Å². The highest BCUT2D eigenvalue weighted by molar-refractivity contribution is 7.99. The first-order valence-corrected chi connectivity index (χ1v) is 20.8. The van der Waals surface area contributed by atoms with Gasteiger partial charge in [0.15, 0.2) is 0 Å². The number of anilines is 4. The third-order valence-corrected chi connectivity index (χ3v) is 13.0. The van der Waals surface area contributed by atoms with E-state index in [1.807, 2.05) is 24.3 Å². The van der Waals surface area contributed by atoms with Gasteiger partial charge >= 0.3 is 0 Å². The predicted octanol–water partition coefficient (Wildman–Crippen LogP) is 7.52. The van der Waals surface area contributed by atoms with Gasteiger partial charge in [-0.25, -0.2) is 0 Å². The molecule has 308 valence electrons. The van der Waals surface area contributed by atoms with E-state index >= 15 is 0 Å². The number of carbonyl (C=O) groups is 4. The molecule has 2 fully saturated rings. The normalized spacial score (nSPS) is 14.7. The lowest BCUT2D eigenvalue weighted by Gasteiger charge is -2.33. The van der Waals surface area contributed by atoms with E-state index in [4.69, 9.17) is 69.3 Å². The van der Waals surface area contributed by atoms with Crippen LogP contribution in [0.1, 0.15) is 25.0 Å². The maximum absolute atomic E-state index is 13.3. The largest absolute Gasteiger partial charge is 0.397 e. The highest BCUT2D eigenvalue weighted by atomic mass is 35.5. The first-order chi connectivity index (χ1) is 28.0. The monoisotopic (exact) mass is 894 g/mol. The first-order valence-electron chi connectivity index (χ1n) is 18.5. The minimum Gasteiger partial charge on any atom is -0.397 e. The van der Waals surface area contributed by atoms with Gasteiger partial charge in [-0.1, -0.05) is 70.3 Å². The number of hydrogen-bond donors (Lipinski definition) is 4. The number of halogens is 4. The highest BCUT2D eigenvalue weighted by Gasteiger charge is 2.25. The molecule has 4 aromatic carbocycles. The molecule has 6 rings (SSSR count). The molecule has 4 aromatic rings. The van der Waals surface area contributed by atoms with Gasteiger partial charge in [0.1, 0.15) is 0 Å². The molecule has 0 aliphatic carbocycles. The molecule has 2 saturated heterocycles. The summed E-state index contributed by atoms with van der Waals surface area (Å²) in [5.41, 5.74) is 29.0. The molecule has 59 heavy (non-hydrogen) atoms. The van der Waals surface area contributed by atoms with Crippen molar-refractivity contribution in [2.75, 3.05) is 75.3 Å². The molecule has 0 spiro atoms. The van der Waals surface area contributed by atoms with Crippen LogP contribution < -0.4 is 22.9 Å². The maximum Gasteiger partial charge on any atom is 0.246 e.